The molecule has 1 aliphatic rings. The first-order valence-corrected chi connectivity index (χ1v) is 9.53. The lowest BCUT2D eigenvalue weighted by atomic mass is 9.85. The van der Waals surface area contributed by atoms with Crippen LogP contribution >= 0.6 is 0 Å². The maximum absolute atomic E-state index is 13.1. The minimum absolute atomic E-state index is 0.149. The molecular weight excluding hydrogens is 387 g/mol. The monoisotopic (exact) mass is 407 g/mol. The summed E-state index contributed by atoms with van der Waals surface area (Å²) in [6, 6.07) is 22.7. The van der Waals surface area contributed by atoms with Gasteiger partial charge in [-0.05, 0) is 47.0 Å². The summed E-state index contributed by atoms with van der Waals surface area (Å²) in [5.74, 6) is 0.149. The summed E-state index contributed by atoms with van der Waals surface area (Å²) in [4.78, 5) is 0. The van der Waals surface area contributed by atoms with E-state index in [9.17, 15) is 13.2 Å². The van der Waals surface area contributed by atoms with E-state index in [2.05, 4.69) is 0 Å². The number of hydrogen-bond acceptors (Lipinski definition) is 2. The van der Waals surface area contributed by atoms with Gasteiger partial charge in [0.15, 0.2) is 5.60 Å². The number of allylic oxidation sites excluding steroid dienone is 1. The molecule has 4 rings (SSSR count). The van der Waals surface area contributed by atoms with E-state index in [0.29, 0.717) is 12.1 Å². The molecule has 2 nitrogen and oxygen atoms in total. The molecule has 2 N–H and O–H groups in total. The van der Waals surface area contributed by atoms with Gasteiger partial charge in [0.25, 0.3) is 0 Å². The molecule has 0 saturated heterocycles. The molecule has 1 atom stereocenters. The summed E-state index contributed by atoms with van der Waals surface area (Å²) in [5, 5.41) is 0. The number of hydrogen-bond donors (Lipinski definition) is 1. The molecule has 3 aromatic carbocycles. The van der Waals surface area contributed by atoms with Crippen molar-refractivity contribution in [1.82, 2.24) is 0 Å². The van der Waals surface area contributed by atoms with E-state index in [0.717, 1.165) is 28.8 Å². The highest BCUT2D eigenvalue weighted by Gasteiger charge is 2.35. The van der Waals surface area contributed by atoms with E-state index in [1.165, 1.54) is 12.1 Å². The number of halogens is 3. The highest BCUT2D eigenvalue weighted by Crippen LogP contribution is 2.39. The van der Waals surface area contributed by atoms with Gasteiger partial charge in [-0.2, -0.15) is 13.2 Å². The van der Waals surface area contributed by atoms with Crippen molar-refractivity contribution in [3.63, 3.8) is 0 Å². The zero-order valence-corrected chi connectivity index (χ0v) is 16.1. The van der Waals surface area contributed by atoms with Crippen LogP contribution in [0.15, 0.2) is 103 Å². The van der Waals surface area contributed by atoms with E-state index >= 15 is 0 Å². The van der Waals surface area contributed by atoms with Crippen LogP contribution in [0.3, 0.4) is 0 Å². The summed E-state index contributed by atoms with van der Waals surface area (Å²) >= 11 is 0. The first-order valence-electron chi connectivity index (χ1n) is 9.53. The second kappa shape index (κ2) is 7.75. The van der Waals surface area contributed by atoms with Gasteiger partial charge in [-0.3, -0.25) is 0 Å². The van der Waals surface area contributed by atoms with Gasteiger partial charge in [-0.25, -0.2) is 0 Å². The fourth-order valence-corrected chi connectivity index (χ4v) is 3.51. The smallest absolute Gasteiger partial charge is 0.416 e. The molecule has 152 valence electrons. The molecule has 0 saturated carbocycles. The molecule has 0 spiro atoms. The van der Waals surface area contributed by atoms with Crippen LogP contribution in [0.5, 0.6) is 5.75 Å². The van der Waals surface area contributed by atoms with Crippen molar-refractivity contribution in [2.24, 2.45) is 5.73 Å². The van der Waals surface area contributed by atoms with Crippen molar-refractivity contribution in [3.05, 3.63) is 114 Å². The van der Waals surface area contributed by atoms with Crippen molar-refractivity contribution in [3.8, 4) is 16.9 Å². The Hall–Kier alpha value is -3.47. The zero-order valence-electron chi connectivity index (χ0n) is 16.1. The average molecular weight is 407 g/mol. The predicted molar refractivity (Wildman–Crippen MR) is 112 cm³/mol. The Morgan fingerprint density at radius 1 is 0.833 bits per heavy atom. The highest BCUT2D eigenvalue weighted by molar-refractivity contribution is 5.64. The van der Waals surface area contributed by atoms with E-state index < -0.39 is 17.3 Å². The molecule has 0 heterocycles. The van der Waals surface area contributed by atoms with Gasteiger partial charge in [-0.1, -0.05) is 66.7 Å². The van der Waals surface area contributed by atoms with Crippen molar-refractivity contribution < 1.29 is 17.9 Å². The van der Waals surface area contributed by atoms with Crippen LogP contribution in [0.4, 0.5) is 13.2 Å². The number of benzene rings is 3. The van der Waals surface area contributed by atoms with Gasteiger partial charge in [0.05, 0.1) is 5.56 Å². The summed E-state index contributed by atoms with van der Waals surface area (Å²) in [5.41, 5.74) is 7.75. The van der Waals surface area contributed by atoms with Crippen LogP contribution in [-0.4, -0.2) is 0 Å². The number of nitrogens with two attached hydrogens (primary N) is 1. The van der Waals surface area contributed by atoms with Gasteiger partial charge in [-0.15, -0.1) is 0 Å². The molecule has 5 heteroatoms. The third-order valence-corrected chi connectivity index (χ3v) is 5.13. The summed E-state index contributed by atoms with van der Waals surface area (Å²) in [6.07, 6.45) is 1.33. The molecule has 0 fully saturated rings. The van der Waals surface area contributed by atoms with Gasteiger partial charge in [0, 0.05) is 12.1 Å². The molecule has 0 amide bonds. The minimum Gasteiger partial charge on any atom is -0.478 e. The molecule has 0 aliphatic heterocycles. The predicted octanol–water partition coefficient (Wildman–Crippen LogP) is 6.45. The molecule has 0 aromatic heterocycles. The number of ether oxygens (including phenoxy) is 1. The van der Waals surface area contributed by atoms with Gasteiger partial charge >= 0.3 is 6.18 Å². The normalized spacial score (nSPS) is 18.7. The van der Waals surface area contributed by atoms with E-state index in [1.807, 2.05) is 60.7 Å². The maximum atomic E-state index is 13.1. The standard InChI is InChI=1S/C25H20F3NO/c26-25(27,28)21-7-4-8-23(17-21)30-24(15-13-22(29)14-16-24)20-11-9-19(10-12-20)18-5-2-1-3-6-18/h1-15,17H,16,29H2. The number of rotatable bonds is 4. The Balaban J connectivity index is 1.70. The van der Waals surface area contributed by atoms with E-state index in [-0.39, 0.29) is 5.75 Å². The lowest BCUT2D eigenvalue weighted by Gasteiger charge is -2.34. The molecule has 0 bridgehead atoms. The molecule has 3 aromatic rings. The Bertz CT molecular complexity index is 1090. The van der Waals surface area contributed by atoms with E-state index in [4.69, 9.17) is 10.5 Å². The quantitative estimate of drug-likeness (QED) is 0.539. The Labute approximate surface area is 173 Å². The summed E-state index contributed by atoms with van der Waals surface area (Å²) in [7, 11) is 0. The molecular formula is C25H20F3NO. The molecule has 1 unspecified atom stereocenters. The van der Waals surface area contributed by atoms with Crippen LogP contribution in [-0.2, 0) is 11.8 Å². The molecule has 30 heavy (non-hydrogen) atoms. The second-order valence-electron chi connectivity index (χ2n) is 7.20. The average Bonchev–Trinajstić information content (AvgIpc) is 2.76. The number of alkyl halides is 3. The van der Waals surface area contributed by atoms with Crippen LogP contribution < -0.4 is 10.5 Å². The molecule has 0 radical (unpaired) electrons. The van der Waals surface area contributed by atoms with Crippen LogP contribution in [0.25, 0.3) is 11.1 Å². The van der Waals surface area contributed by atoms with Gasteiger partial charge in [0.2, 0.25) is 0 Å². The van der Waals surface area contributed by atoms with Crippen LogP contribution in [0.1, 0.15) is 17.5 Å². The summed E-state index contributed by atoms with van der Waals surface area (Å²) < 4.78 is 45.6. The third kappa shape index (κ3) is 4.10. The van der Waals surface area contributed by atoms with Gasteiger partial charge < -0.3 is 10.5 Å². The topological polar surface area (TPSA) is 35.2 Å². The fraction of sp³-hybridized carbons (Fsp3) is 0.120. The van der Waals surface area contributed by atoms with Crippen molar-refractivity contribution in [2.75, 3.05) is 0 Å². The third-order valence-electron chi connectivity index (χ3n) is 5.13. The lowest BCUT2D eigenvalue weighted by Crippen LogP contribution is -2.32. The maximum Gasteiger partial charge on any atom is 0.416 e. The first-order chi connectivity index (χ1) is 14.4. The van der Waals surface area contributed by atoms with Crippen LogP contribution in [0, 0.1) is 0 Å². The summed E-state index contributed by atoms with van der Waals surface area (Å²) in [6.45, 7) is 0. The van der Waals surface area contributed by atoms with Crippen molar-refractivity contribution in [2.45, 2.75) is 18.2 Å². The Morgan fingerprint density at radius 2 is 1.53 bits per heavy atom. The fourth-order valence-electron chi connectivity index (χ4n) is 3.51. The van der Waals surface area contributed by atoms with Gasteiger partial charge in [0.1, 0.15) is 5.75 Å². The largest absolute Gasteiger partial charge is 0.478 e. The second-order valence-corrected chi connectivity index (χ2v) is 7.20. The van der Waals surface area contributed by atoms with Crippen LogP contribution in [0.2, 0.25) is 0 Å². The van der Waals surface area contributed by atoms with Crippen molar-refractivity contribution in [1.29, 1.82) is 0 Å². The van der Waals surface area contributed by atoms with Crippen molar-refractivity contribution >= 4 is 0 Å². The SMILES string of the molecule is NC1=CCC(Oc2cccc(C(F)(F)F)c2)(c2ccc(-c3ccccc3)cc2)C=C1. The molecule has 1 aliphatic carbocycles. The zero-order chi connectivity index (χ0) is 21.2. The van der Waals surface area contributed by atoms with E-state index in [1.54, 1.807) is 12.2 Å². The Morgan fingerprint density at radius 3 is 2.17 bits per heavy atom. The minimum atomic E-state index is -4.43. The highest BCUT2D eigenvalue weighted by atomic mass is 19.4. The Kier molecular flexibility index (Phi) is 5.12. The lowest BCUT2D eigenvalue weighted by molar-refractivity contribution is -0.137. The first kappa shape index (κ1) is 19.8.